The first-order valence-corrected chi connectivity index (χ1v) is 20.1. The summed E-state index contributed by atoms with van der Waals surface area (Å²) in [6.07, 6.45) is 19.4. The highest BCUT2D eigenvalue weighted by Crippen LogP contribution is 2.39. The molecule has 0 fully saturated rings. The van der Waals surface area contributed by atoms with Gasteiger partial charge in [0, 0.05) is 33.8 Å². The molecule has 0 saturated carbocycles. The predicted molar refractivity (Wildman–Crippen MR) is 189 cm³/mol. The van der Waals surface area contributed by atoms with Gasteiger partial charge in [-0.25, -0.2) is 0 Å². The highest BCUT2D eigenvalue weighted by atomic mass is 28.4. The summed E-state index contributed by atoms with van der Waals surface area (Å²) in [5.41, 5.74) is 0.144. The minimum Gasteiger partial charge on any atom is -0.490 e. The molecule has 47 heavy (non-hydrogen) atoms. The summed E-state index contributed by atoms with van der Waals surface area (Å²) in [5, 5.41) is 12.2. The second-order valence-corrected chi connectivity index (χ2v) is 15.5. The third kappa shape index (κ3) is 18.2. The van der Waals surface area contributed by atoms with E-state index in [1.54, 1.807) is 34.3 Å². The lowest BCUT2D eigenvalue weighted by Gasteiger charge is -2.24. The fourth-order valence-electron chi connectivity index (χ4n) is 5.60. The number of carbonyl (C=O) groups excluding carboxylic acids is 1. The highest BCUT2D eigenvalue weighted by molar-refractivity contribution is 6.60. The Kier molecular flexibility index (Phi) is 24.3. The first-order valence-electron chi connectivity index (χ1n) is 18.2. The second kappa shape index (κ2) is 26.7. The molecule has 0 aliphatic rings. The van der Waals surface area contributed by atoms with Crippen LogP contribution >= 0.6 is 0 Å². The lowest BCUT2D eigenvalue weighted by atomic mass is 10.1. The van der Waals surface area contributed by atoms with Crippen molar-refractivity contribution in [2.45, 2.75) is 155 Å². The van der Waals surface area contributed by atoms with E-state index in [-0.39, 0.29) is 12.1 Å². The van der Waals surface area contributed by atoms with Crippen molar-refractivity contribution in [2.75, 3.05) is 34.5 Å². The van der Waals surface area contributed by atoms with E-state index < -0.39 is 25.8 Å². The number of esters is 1. The second-order valence-electron chi connectivity index (χ2n) is 12.4. The van der Waals surface area contributed by atoms with Crippen LogP contribution in [0.15, 0.2) is 12.1 Å². The van der Waals surface area contributed by atoms with Crippen LogP contribution < -0.4 is 9.47 Å². The van der Waals surface area contributed by atoms with Crippen molar-refractivity contribution in [3.63, 3.8) is 0 Å². The van der Waals surface area contributed by atoms with Crippen molar-refractivity contribution in [3.8, 4) is 11.5 Å². The Morgan fingerprint density at radius 2 is 1.15 bits per heavy atom. The molecule has 0 aliphatic heterocycles. The smallest absolute Gasteiger partial charge is 0.490 e. The minimum atomic E-state index is -2.71. The van der Waals surface area contributed by atoms with Crippen LogP contribution in [0.2, 0.25) is 6.04 Å². The van der Waals surface area contributed by atoms with Crippen molar-refractivity contribution >= 4 is 20.5 Å². The largest absolute Gasteiger partial charge is 0.500 e. The Bertz CT molecular complexity index is 966. The van der Waals surface area contributed by atoms with E-state index in [4.69, 9.17) is 27.5 Å². The molecule has 0 bridgehead atoms. The van der Waals surface area contributed by atoms with Gasteiger partial charge in [0.2, 0.25) is 0 Å². The SMILES string of the molecule is CCCCCCCCCCOc1cc(C(C)OC(=O)CCCC[Si](OC)(OC)OC)c([N+](=O)[O-])cc1OCCCCCCCCCC. The topological polar surface area (TPSA) is 116 Å². The quantitative estimate of drug-likeness (QED) is 0.0248. The third-order valence-electron chi connectivity index (χ3n) is 8.59. The van der Waals surface area contributed by atoms with Crippen molar-refractivity contribution in [1.82, 2.24) is 0 Å². The highest BCUT2D eigenvalue weighted by Gasteiger charge is 2.37. The molecule has 0 N–H and O–H groups in total. The summed E-state index contributed by atoms with van der Waals surface area (Å²) in [7, 11) is 1.97. The summed E-state index contributed by atoms with van der Waals surface area (Å²) >= 11 is 0. The lowest BCUT2D eigenvalue weighted by molar-refractivity contribution is -0.386. The van der Waals surface area contributed by atoms with Gasteiger partial charge in [-0.3, -0.25) is 14.9 Å². The number of rotatable bonds is 31. The maximum Gasteiger partial charge on any atom is 0.500 e. The van der Waals surface area contributed by atoms with Gasteiger partial charge in [0.15, 0.2) is 11.5 Å². The summed E-state index contributed by atoms with van der Waals surface area (Å²) in [4.78, 5) is 24.4. The molecule has 1 atom stereocenters. The van der Waals surface area contributed by atoms with Gasteiger partial charge in [-0.05, 0) is 38.7 Å². The van der Waals surface area contributed by atoms with Gasteiger partial charge in [0.05, 0.1) is 29.8 Å². The monoisotopic (exact) mass is 683 g/mol. The van der Waals surface area contributed by atoms with Gasteiger partial charge < -0.3 is 27.5 Å². The molecular formula is C36H65NO9Si. The summed E-state index contributed by atoms with van der Waals surface area (Å²) < 4.78 is 34.2. The standard InChI is InChI=1S/C36H65NO9Si/c1-7-9-11-13-15-17-19-22-26-44-34-29-32(31(3)46-36(38)25-21-24-28-47(41-4,42-5)43-6)33(37(39)40)30-35(34)45-27-23-20-18-16-14-12-10-8-2/h29-31H,7-28H2,1-6H3. The van der Waals surface area contributed by atoms with E-state index in [1.165, 1.54) is 76.7 Å². The van der Waals surface area contributed by atoms with E-state index in [0.717, 1.165) is 32.1 Å². The number of benzene rings is 1. The molecule has 10 nitrogen and oxygen atoms in total. The van der Waals surface area contributed by atoms with Gasteiger partial charge in [0.1, 0.15) is 6.10 Å². The number of hydrogen-bond donors (Lipinski definition) is 0. The Labute approximate surface area is 286 Å². The van der Waals surface area contributed by atoms with E-state index in [1.807, 2.05) is 0 Å². The first kappa shape index (κ1) is 42.8. The normalized spacial score (nSPS) is 12.2. The summed E-state index contributed by atoms with van der Waals surface area (Å²) in [6.45, 7) is 7.05. The summed E-state index contributed by atoms with van der Waals surface area (Å²) in [5.74, 6) is 0.391. The number of nitrogens with zero attached hydrogens (tertiary/aromatic N) is 1. The van der Waals surface area contributed by atoms with Crippen LogP contribution in [0.25, 0.3) is 0 Å². The average molecular weight is 684 g/mol. The van der Waals surface area contributed by atoms with Crippen LogP contribution in [-0.4, -0.2) is 54.2 Å². The van der Waals surface area contributed by atoms with Gasteiger partial charge in [-0.15, -0.1) is 0 Å². The van der Waals surface area contributed by atoms with E-state index in [9.17, 15) is 14.9 Å². The fraction of sp³-hybridized carbons (Fsp3) is 0.806. The molecule has 1 unspecified atom stereocenters. The Morgan fingerprint density at radius 1 is 0.702 bits per heavy atom. The van der Waals surface area contributed by atoms with Gasteiger partial charge in [0.25, 0.3) is 5.69 Å². The van der Waals surface area contributed by atoms with E-state index in [2.05, 4.69) is 13.8 Å². The minimum absolute atomic E-state index is 0.147. The fourth-order valence-corrected chi connectivity index (χ4v) is 7.39. The van der Waals surface area contributed by atoms with Gasteiger partial charge >= 0.3 is 14.8 Å². The van der Waals surface area contributed by atoms with Crippen LogP contribution in [0.5, 0.6) is 11.5 Å². The molecule has 0 aliphatic carbocycles. The van der Waals surface area contributed by atoms with Crippen LogP contribution in [0.3, 0.4) is 0 Å². The van der Waals surface area contributed by atoms with Crippen molar-refractivity contribution < 1.29 is 37.2 Å². The number of hydrogen-bond acceptors (Lipinski definition) is 9. The molecule has 0 heterocycles. The molecule has 0 radical (unpaired) electrons. The molecular weight excluding hydrogens is 618 g/mol. The van der Waals surface area contributed by atoms with E-state index in [0.29, 0.717) is 49.2 Å². The Balaban J connectivity index is 2.87. The molecule has 0 aromatic heterocycles. The van der Waals surface area contributed by atoms with Gasteiger partial charge in [-0.1, -0.05) is 104 Å². The number of carbonyl (C=O) groups is 1. The first-order chi connectivity index (χ1) is 22.8. The molecule has 1 aromatic rings. The molecule has 1 aromatic carbocycles. The van der Waals surface area contributed by atoms with Crippen LogP contribution in [0.1, 0.15) is 154 Å². The van der Waals surface area contributed by atoms with Crippen molar-refractivity contribution in [3.05, 3.63) is 27.8 Å². The Hall–Kier alpha value is -2.21. The zero-order valence-electron chi connectivity index (χ0n) is 30.4. The maximum absolute atomic E-state index is 12.7. The molecule has 272 valence electrons. The number of nitro groups is 1. The van der Waals surface area contributed by atoms with Crippen LogP contribution in [0.4, 0.5) is 5.69 Å². The molecule has 0 saturated heterocycles. The lowest BCUT2D eigenvalue weighted by Crippen LogP contribution is -2.42. The molecule has 0 amide bonds. The Morgan fingerprint density at radius 3 is 1.60 bits per heavy atom. The zero-order chi connectivity index (χ0) is 34.8. The third-order valence-corrected chi connectivity index (χ3v) is 11.4. The van der Waals surface area contributed by atoms with Crippen LogP contribution in [0, 0.1) is 10.1 Å². The maximum atomic E-state index is 12.7. The van der Waals surface area contributed by atoms with Gasteiger partial charge in [-0.2, -0.15) is 0 Å². The average Bonchev–Trinajstić information content (AvgIpc) is 3.07. The number of unbranched alkanes of at least 4 members (excludes halogenated alkanes) is 15. The predicted octanol–water partition coefficient (Wildman–Crippen LogP) is 10.3. The number of nitro benzene ring substituents is 1. The molecule has 0 spiro atoms. The molecule has 1 rings (SSSR count). The number of ether oxygens (including phenoxy) is 3. The summed E-state index contributed by atoms with van der Waals surface area (Å²) in [6, 6.07) is 3.63. The van der Waals surface area contributed by atoms with Crippen molar-refractivity contribution in [2.24, 2.45) is 0 Å². The zero-order valence-corrected chi connectivity index (χ0v) is 31.4. The van der Waals surface area contributed by atoms with E-state index >= 15 is 0 Å². The molecule has 11 heteroatoms. The van der Waals surface area contributed by atoms with Crippen molar-refractivity contribution in [1.29, 1.82) is 0 Å². The van der Waals surface area contributed by atoms with Crippen LogP contribution in [-0.2, 0) is 22.8 Å².